The molecular formula is C16H18O2. The fourth-order valence-corrected chi connectivity index (χ4v) is 1.58. The average molecular weight is 244 g/mol. The predicted molar refractivity (Wildman–Crippen MR) is 72.8 cm³/mol. The van der Waals surface area contributed by atoms with Crippen molar-refractivity contribution < 1.29 is 12.2 Å². The third kappa shape index (κ3) is 3.90. The van der Waals surface area contributed by atoms with Crippen molar-refractivity contribution in [1.82, 2.24) is 0 Å². The summed E-state index contributed by atoms with van der Waals surface area (Å²) in [5.74, 6) is 0.444. The van der Waals surface area contributed by atoms with Gasteiger partial charge in [0.25, 0.3) is 0 Å². The van der Waals surface area contributed by atoms with Gasteiger partial charge in [-0.25, -0.2) is 0 Å². The summed E-state index contributed by atoms with van der Waals surface area (Å²) < 4.78 is 26.6. The Hall–Kier alpha value is -1.80. The maximum Gasteiger partial charge on any atom is 0.119 e. The van der Waals surface area contributed by atoms with E-state index in [9.17, 15) is 0 Å². The minimum absolute atomic E-state index is 0.134. The first-order valence-electron chi connectivity index (χ1n) is 6.97. The highest BCUT2D eigenvalue weighted by atomic mass is 16.5. The fourth-order valence-electron chi connectivity index (χ4n) is 1.58. The van der Waals surface area contributed by atoms with Gasteiger partial charge in [-0.15, -0.1) is 0 Å². The molecule has 0 amide bonds. The maximum atomic E-state index is 7.98. The van der Waals surface area contributed by atoms with Gasteiger partial charge in [-0.3, -0.25) is 0 Å². The Balaban J connectivity index is 2.07. The Morgan fingerprint density at radius 2 is 1.83 bits per heavy atom. The number of benzene rings is 2. The molecule has 0 atom stereocenters. The Labute approximate surface area is 111 Å². The first-order valence-corrected chi connectivity index (χ1v) is 5.97. The molecule has 0 unspecified atom stereocenters. The van der Waals surface area contributed by atoms with Crippen LogP contribution in [0.5, 0.6) is 5.75 Å². The van der Waals surface area contributed by atoms with Gasteiger partial charge in [0.15, 0.2) is 0 Å². The minimum Gasteiger partial charge on any atom is -0.489 e. The fraction of sp³-hybridized carbons (Fsp3) is 0.250. The second-order valence-electron chi connectivity index (χ2n) is 3.99. The van der Waals surface area contributed by atoms with Crippen LogP contribution in [0.4, 0.5) is 0 Å². The molecule has 0 saturated heterocycles. The Morgan fingerprint density at radius 1 is 1.00 bits per heavy atom. The lowest BCUT2D eigenvalue weighted by atomic mass is 10.1. The van der Waals surface area contributed by atoms with Crippen molar-refractivity contribution in [2.75, 3.05) is 13.7 Å². The Kier molecular flexibility index (Phi) is 3.85. The highest BCUT2D eigenvalue weighted by Crippen LogP contribution is 2.14. The van der Waals surface area contributed by atoms with Gasteiger partial charge in [0.2, 0.25) is 0 Å². The van der Waals surface area contributed by atoms with Crippen LogP contribution in [0.3, 0.4) is 0 Å². The van der Waals surface area contributed by atoms with E-state index in [1.54, 1.807) is 13.2 Å². The summed E-state index contributed by atoms with van der Waals surface area (Å²) in [5.41, 5.74) is 1.85. The molecule has 18 heavy (non-hydrogen) atoms. The van der Waals surface area contributed by atoms with E-state index in [1.807, 2.05) is 36.4 Å². The highest BCUT2D eigenvalue weighted by molar-refractivity contribution is 5.27. The van der Waals surface area contributed by atoms with Crippen LogP contribution in [0.1, 0.15) is 13.9 Å². The maximum absolute atomic E-state index is 7.98. The third-order valence-corrected chi connectivity index (χ3v) is 2.59. The van der Waals surface area contributed by atoms with Crippen LogP contribution >= 0.6 is 0 Å². The van der Waals surface area contributed by atoms with E-state index in [0.29, 0.717) is 25.4 Å². The van der Waals surface area contributed by atoms with E-state index < -0.39 is 0 Å². The summed E-state index contributed by atoms with van der Waals surface area (Å²) in [6.07, 6.45) is 0.639. The molecule has 0 radical (unpaired) electrons. The van der Waals surface area contributed by atoms with Gasteiger partial charge in [-0.1, -0.05) is 42.4 Å². The molecule has 0 spiro atoms. The summed E-state index contributed by atoms with van der Waals surface area (Å²) in [4.78, 5) is 0. The first kappa shape index (κ1) is 10.2. The zero-order chi connectivity index (χ0) is 14.4. The molecule has 0 aliphatic carbocycles. The molecule has 2 nitrogen and oxygen atoms in total. The molecular weight excluding hydrogens is 224 g/mol. The molecule has 94 valence electrons. The summed E-state index contributed by atoms with van der Waals surface area (Å²) >= 11 is 0. The van der Waals surface area contributed by atoms with Crippen molar-refractivity contribution >= 4 is 0 Å². The van der Waals surface area contributed by atoms with Crippen molar-refractivity contribution in [3.05, 3.63) is 65.7 Å². The van der Waals surface area contributed by atoms with Crippen molar-refractivity contribution in [2.24, 2.45) is 0 Å². The molecule has 2 rings (SSSR count). The van der Waals surface area contributed by atoms with E-state index in [2.05, 4.69) is 0 Å². The second kappa shape index (κ2) is 6.82. The van der Waals surface area contributed by atoms with Gasteiger partial charge in [0, 0.05) is 7.11 Å². The van der Waals surface area contributed by atoms with Crippen LogP contribution in [0, 0.1) is 0 Å². The smallest absolute Gasteiger partial charge is 0.119 e. The monoisotopic (exact) mass is 244 g/mol. The van der Waals surface area contributed by atoms with E-state index in [4.69, 9.17) is 12.2 Å². The molecule has 0 aliphatic heterocycles. The van der Waals surface area contributed by atoms with Crippen molar-refractivity contribution in [3.63, 3.8) is 0 Å². The zero-order valence-electron chi connectivity index (χ0n) is 12.5. The largest absolute Gasteiger partial charge is 0.489 e. The van der Waals surface area contributed by atoms with Crippen molar-refractivity contribution in [2.45, 2.75) is 13.0 Å². The Bertz CT molecular complexity index is 556. The lowest BCUT2D eigenvalue weighted by Crippen LogP contribution is -1.96. The number of ether oxygens (including phenoxy) is 2. The van der Waals surface area contributed by atoms with Crippen LogP contribution in [-0.4, -0.2) is 13.7 Å². The van der Waals surface area contributed by atoms with Crippen molar-refractivity contribution in [3.8, 4) is 5.75 Å². The lowest BCUT2D eigenvalue weighted by Gasteiger charge is -2.07. The molecule has 2 heteroatoms. The second-order valence-corrected chi connectivity index (χ2v) is 3.99. The SMILES string of the molecule is [2H]c1c(CCOC)ccc(OCc2ccccc2)c1[2H]. The summed E-state index contributed by atoms with van der Waals surface area (Å²) in [6, 6.07) is 13.7. The van der Waals surface area contributed by atoms with E-state index in [-0.39, 0.29) is 12.1 Å². The third-order valence-electron chi connectivity index (χ3n) is 2.59. The van der Waals surface area contributed by atoms with Crippen LogP contribution in [0.2, 0.25) is 0 Å². The Morgan fingerprint density at radius 3 is 2.61 bits per heavy atom. The van der Waals surface area contributed by atoms with E-state index in [0.717, 1.165) is 11.1 Å². The van der Waals surface area contributed by atoms with Gasteiger partial charge in [-0.2, -0.15) is 0 Å². The van der Waals surface area contributed by atoms with E-state index >= 15 is 0 Å². The number of hydrogen-bond donors (Lipinski definition) is 0. The lowest BCUT2D eigenvalue weighted by molar-refractivity contribution is 0.202. The van der Waals surface area contributed by atoms with Gasteiger partial charge in [0.05, 0.1) is 9.35 Å². The predicted octanol–water partition coefficient (Wildman–Crippen LogP) is 3.45. The zero-order valence-corrected chi connectivity index (χ0v) is 10.5. The molecule has 0 aromatic heterocycles. The highest BCUT2D eigenvalue weighted by Gasteiger charge is 1.97. The van der Waals surface area contributed by atoms with Gasteiger partial charge in [-0.05, 0) is 29.7 Å². The number of methoxy groups -OCH3 is 1. The first-order chi connectivity index (χ1) is 9.72. The molecule has 0 saturated carbocycles. The molecule has 0 fully saturated rings. The van der Waals surface area contributed by atoms with Crippen molar-refractivity contribution in [1.29, 1.82) is 0 Å². The quantitative estimate of drug-likeness (QED) is 0.774. The van der Waals surface area contributed by atoms with Crippen LogP contribution in [-0.2, 0) is 17.8 Å². The summed E-state index contributed by atoms with van der Waals surface area (Å²) in [6.45, 7) is 0.957. The number of rotatable bonds is 6. The molecule has 0 N–H and O–H groups in total. The van der Waals surface area contributed by atoms with Crippen LogP contribution in [0.15, 0.2) is 54.5 Å². The van der Waals surface area contributed by atoms with Gasteiger partial charge in [0.1, 0.15) is 12.4 Å². The number of hydrogen-bond acceptors (Lipinski definition) is 2. The minimum atomic E-state index is 0.134. The van der Waals surface area contributed by atoms with Crippen LogP contribution < -0.4 is 4.74 Å². The molecule has 0 heterocycles. The van der Waals surface area contributed by atoms with E-state index in [1.165, 1.54) is 0 Å². The topological polar surface area (TPSA) is 18.5 Å². The molecule has 2 aromatic carbocycles. The van der Waals surface area contributed by atoms with Crippen LogP contribution in [0.25, 0.3) is 0 Å². The molecule has 0 aliphatic rings. The van der Waals surface area contributed by atoms with Gasteiger partial charge < -0.3 is 9.47 Å². The molecule has 0 bridgehead atoms. The average Bonchev–Trinajstić information content (AvgIpc) is 2.49. The molecule has 2 aromatic rings. The van der Waals surface area contributed by atoms with Gasteiger partial charge >= 0.3 is 0 Å². The standard InChI is InChI=1S/C16H18O2/c1-17-12-11-14-7-9-16(10-8-14)18-13-15-5-3-2-4-6-15/h2-10H,11-13H2,1H3/i7D,9D. The summed E-state index contributed by atoms with van der Waals surface area (Å²) in [7, 11) is 1.63. The normalized spacial score (nSPS) is 11.8. The summed E-state index contributed by atoms with van der Waals surface area (Å²) in [5, 5.41) is 0.